The fourth-order valence-electron chi connectivity index (χ4n) is 3.12. The van der Waals surface area contributed by atoms with Gasteiger partial charge in [-0.15, -0.1) is 11.6 Å². The summed E-state index contributed by atoms with van der Waals surface area (Å²) in [6, 6.07) is 10.6. The van der Waals surface area contributed by atoms with Gasteiger partial charge in [0.2, 0.25) is 0 Å². The van der Waals surface area contributed by atoms with Crippen molar-refractivity contribution in [3.63, 3.8) is 0 Å². The van der Waals surface area contributed by atoms with Crippen molar-refractivity contribution in [2.24, 2.45) is 0 Å². The molecule has 0 aliphatic carbocycles. The maximum atomic E-state index is 13.2. The zero-order valence-electron chi connectivity index (χ0n) is 13.0. The second-order valence-electron chi connectivity index (χ2n) is 5.87. The summed E-state index contributed by atoms with van der Waals surface area (Å²) in [5.74, 6) is 0.243. The molecule has 0 spiro atoms. The highest BCUT2D eigenvalue weighted by Gasteiger charge is 2.39. The first-order chi connectivity index (χ1) is 11.8. The van der Waals surface area contributed by atoms with Crippen LogP contribution in [0.1, 0.15) is 16.7 Å². The highest BCUT2D eigenvalue weighted by Crippen LogP contribution is 2.39. The van der Waals surface area contributed by atoms with E-state index in [-0.39, 0.29) is 17.6 Å². The van der Waals surface area contributed by atoms with Gasteiger partial charge in [-0.05, 0) is 29.7 Å². The molecule has 132 valence electrons. The van der Waals surface area contributed by atoms with E-state index in [2.05, 4.69) is 0 Å². The lowest BCUT2D eigenvalue weighted by Crippen LogP contribution is -2.41. The van der Waals surface area contributed by atoms with Gasteiger partial charge in [0.05, 0.1) is 4.92 Å². The number of alkyl halides is 4. The van der Waals surface area contributed by atoms with Gasteiger partial charge in [0.1, 0.15) is 5.56 Å². The molecule has 4 nitrogen and oxygen atoms in total. The molecule has 1 aliphatic heterocycles. The maximum Gasteiger partial charge on any atom is 0.423 e. The molecule has 25 heavy (non-hydrogen) atoms. The molecule has 2 aromatic carbocycles. The number of hydrogen-bond acceptors (Lipinski definition) is 3. The molecule has 0 fully saturated rings. The number of rotatable bonds is 3. The van der Waals surface area contributed by atoms with Crippen LogP contribution in [0.3, 0.4) is 0 Å². The van der Waals surface area contributed by atoms with E-state index in [9.17, 15) is 23.3 Å². The van der Waals surface area contributed by atoms with E-state index in [1.165, 1.54) is 6.07 Å². The van der Waals surface area contributed by atoms with Crippen LogP contribution in [0, 0.1) is 10.1 Å². The molecular formula is C17H14ClF3N2O2. The summed E-state index contributed by atoms with van der Waals surface area (Å²) in [5, 5.41) is 10.9. The van der Waals surface area contributed by atoms with Gasteiger partial charge in [0.25, 0.3) is 5.69 Å². The van der Waals surface area contributed by atoms with Crippen LogP contribution in [0.4, 0.5) is 24.5 Å². The van der Waals surface area contributed by atoms with Crippen LogP contribution in [-0.2, 0) is 19.1 Å². The van der Waals surface area contributed by atoms with Crippen molar-refractivity contribution in [1.29, 1.82) is 0 Å². The third-order valence-electron chi connectivity index (χ3n) is 4.35. The summed E-state index contributed by atoms with van der Waals surface area (Å²) in [7, 11) is 0. The number of nitrogens with zero attached hydrogens (tertiary/aromatic N) is 2. The van der Waals surface area contributed by atoms with E-state index in [1.54, 1.807) is 4.90 Å². The largest absolute Gasteiger partial charge is 0.423 e. The Hall–Kier alpha value is -2.28. The molecular weight excluding hydrogens is 357 g/mol. The van der Waals surface area contributed by atoms with Gasteiger partial charge in [0, 0.05) is 30.2 Å². The predicted octanol–water partition coefficient (Wildman–Crippen LogP) is 4.78. The number of halogens is 4. The molecule has 0 N–H and O–H groups in total. The smallest absolute Gasteiger partial charge is 0.363 e. The summed E-state index contributed by atoms with van der Waals surface area (Å²) in [6.45, 7) is 0.405. The molecule has 0 saturated carbocycles. The van der Waals surface area contributed by atoms with E-state index in [1.807, 2.05) is 24.3 Å². The fraction of sp³-hybridized carbons (Fsp3) is 0.294. The SMILES string of the molecule is O=[N+]([O-])c1ccc(N2Cc3ccccc3CC2CCl)cc1C(F)(F)F. The minimum absolute atomic E-state index is 0.181. The molecule has 0 bridgehead atoms. The average molecular weight is 371 g/mol. The van der Waals surface area contributed by atoms with Gasteiger partial charge < -0.3 is 4.90 Å². The monoisotopic (exact) mass is 370 g/mol. The minimum atomic E-state index is -4.80. The summed E-state index contributed by atoms with van der Waals surface area (Å²) in [4.78, 5) is 11.7. The Morgan fingerprint density at radius 2 is 1.88 bits per heavy atom. The zero-order chi connectivity index (χ0) is 18.2. The van der Waals surface area contributed by atoms with Crippen LogP contribution in [-0.4, -0.2) is 16.8 Å². The lowest BCUT2D eigenvalue weighted by atomic mass is 9.94. The first-order valence-electron chi connectivity index (χ1n) is 7.56. The highest BCUT2D eigenvalue weighted by molar-refractivity contribution is 6.18. The normalized spacial score (nSPS) is 17.3. The van der Waals surface area contributed by atoms with E-state index in [0.29, 0.717) is 13.0 Å². The number of fused-ring (bicyclic) bond motifs is 1. The Balaban J connectivity index is 2.05. The second kappa shape index (κ2) is 6.55. The molecule has 1 atom stereocenters. The van der Waals surface area contributed by atoms with Crippen molar-refractivity contribution >= 4 is 23.0 Å². The fourth-order valence-corrected chi connectivity index (χ4v) is 3.39. The average Bonchev–Trinajstić information content (AvgIpc) is 2.59. The Morgan fingerprint density at radius 1 is 1.20 bits per heavy atom. The molecule has 0 aromatic heterocycles. The number of nitro groups is 1. The molecule has 1 unspecified atom stereocenters. The van der Waals surface area contributed by atoms with Crippen LogP contribution in [0.5, 0.6) is 0 Å². The molecule has 1 aliphatic rings. The molecule has 2 aromatic rings. The van der Waals surface area contributed by atoms with E-state index < -0.39 is 22.4 Å². The van der Waals surface area contributed by atoms with Crippen molar-refractivity contribution in [2.75, 3.05) is 10.8 Å². The molecule has 3 rings (SSSR count). The maximum absolute atomic E-state index is 13.2. The van der Waals surface area contributed by atoms with Crippen molar-refractivity contribution in [3.05, 3.63) is 69.3 Å². The molecule has 0 saturated heterocycles. The van der Waals surface area contributed by atoms with E-state index in [4.69, 9.17) is 11.6 Å². The van der Waals surface area contributed by atoms with Gasteiger partial charge in [-0.1, -0.05) is 24.3 Å². The van der Waals surface area contributed by atoms with Gasteiger partial charge in [-0.2, -0.15) is 13.2 Å². The standard InChI is InChI=1S/C17H14ClF3N2O2/c18-9-14-7-11-3-1-2-4-12(11)10-22(14)13-5-6-16(23(24)25)15(8-13)17(19,20)21/h1-6,8,14H,7,9-10H2. The zero-order valence-corrected chi connectivity index (χ0v) is 13.7. The van der Waals surface area contributed by atoms with Gasteiger partial charge in [-0.3, -0.25) is 10.1 Å². The van der Waals surface area contributed by atoms with Crippen molar-refractivity contribution in [3.8, 4) is 0 Å². The molecule has 0 amide bonds. The Morgan fingerprint density at radius 3 is 2.48 bits per heavy atom. The number of anilines is 1. The number of hydrogen-bond donors (Lipinski definition) is 0. The van der Waals surface area contributed by atoms with Crippen molar-refractivity contribution in [2.45, 2.75) is 25.2 Å². The lowest BCUT2D eigenvalue weighted by Gasteiger charge is -2.38. The first-order valence-corrected chi connectivity index (χ1v) is 8.09. The summed E-state index contributed by atoms with van der Waals surface area (Å²) >= 11 is 6.03. The van der Waals surface area contributed by atoms with Gasteiger partial charge in [-0.25, -0.2) is 0 Å². The van der Waals surface area contributed by atoms with E-state index in [0.717, 1.165) is 23.3 Å². The van der Waals surface area contributed by atoms with E-state index >= 15 is 0 Å². The topological polar surface area (TPSA) is 46.4 Å². The minimum Gasteiger partial charge on any atom is -0.363 e. The van der Waals surface area contributed by atoms with Crippen molar-refractivity contribution < 1.29 is 18.1 Å². The van der Waals surface area contributed by atoms with Gasteiger partial charge in [0.15, 0.2) is 0 Å². The van der Waals surface area contributed by atoms with Crippen molar-refractivity contribution in [1.82, 2.24) is 0 Å². The summed E-state index contributed by atoms with van der Waals surface area (Å²) < 4.78 is 39.7. The Labute approximate surface area is 147 Å². The quantitative estimate of drug-likeness (QED) is 0.443. The number of nitro benzene ring substituents is 1. The first kappa shape index (κ1) is 17.5. The summed E-state index contributed by atoms with van der Waals surface area (Å²) in [6.07, 6.45) is -4.19. The molecule has 1 heterocycles. The van der Waals surface area contributed by atoms with Gasteiger partial charge >= 0.3 is 6.18 Å². The third kappa shape index (κ3) is 3.42. The summed E-state index contributed by atoms with van der Waals surface area (Å²) in [5.41, 5.74) is 0.203. The Bertz CT molecular complexity index is 811. The highest BCUT2D eigenvalue weighted by atomic mass is 35.5. The van der Waals surface area contributed by atoms with Crippen LogP contribution < -0.4 is 4.90 Å². The second-order valence-corrected chi connectivity index (χ2v) is 6.17. The van der Waals surface area contributed by atoms with Crippen LogP contribution >= 0.6 is 11.6 Å². The number of benzene rings is 2. The van der Waals surface area contributed by atoms with Crippen LogP contribution in [0.2, 0.25) is 0 Å². The Kier molecular flexibility index (Phi) is 4.60. The molecule has 0 radical (unpaired) electrons. The lowest BCUT2D eigenvalue weighted by molar-refractivity contribution is -0.388. The van der Waals surface area contributed by atoms with Crippen LogP contribution in [0.25, 0.3) is 0 Å². The third-order valence-corrected chi connectivity index (χ3v) is 4.70. The molecule has 8 heteroatoms. The van der Waals surface area contributed by atoms with Crippen LogP contribution in [0.15, 0.2) is 42.5 Å². The predicted molar refractivity (Wildman–Crippen MR) is 88.9 cm³/mol.